The highest BCUT2D eigenvalue weighted by Gasteiger charge is 2.34. The van der Waals surface area contributed by atoms with Gasteiger partial charge in [0.2, 0.25) is 0 Å². The van der Waals surface area contributed by atoms with Gasteiger partial charge in [0, 0.05) is 17.0 Å². The molecule has 3 heterocycles. The van der Waals surface area contributed by atoms with Crippen LogP contribution < -0.4 is 5.56 Å². The van der Waals surface area contributed by atoms with Crippen molar-refractivity contribution in [2.45, 2.75) is 26.6 Å². The molecule has 0 aliphatic heterocycles. The zero-order valence-electron chi connectivity index (χ0n) is 13.1. The van der Waals surface area contributed by atoms with E-state index in [2.05, 4.69) is 10.1 Å². The molecule has 5 nitrogen and oxygen atoms in total. The Balaban J connectivity index is 2.04. The van der Waals surface area contributed by atoms with Gasteiger partial charge in [0.15, 0.2) is 10.7 Å². The fourth-order valence-electron chi connectivity index (χ4n) is 2.37. The van der Waals surface area contributed by atoms with Crippen LogP contribution in [-0.2, 0) is 12.7 Å². The minimum atomic E-state index is -4.59. The van der Waals surface area contributed by atoms with Crippen LogP contribution in [-0.4, -0.2) is 19.2 Å². The lowest BCUT2D eigenvalue weighted by atomic mass is 10.3. The summed E-state index contributed by atoms with van der Waals surface area (Å²) < 4.78 is 40.5. The third kappa shape index (κ3) is 3.34. The summed E-state index contributed by atoms with van der Waals surface area (Å²) in [6.45, 7) is 3.58. The first-order valence-electron chi connectivity index (χ1n) is 7.16. The number of rotatable bonds is 3. The quantitative estimate of drug-likeness (QED) is 0.681. The minimum absolute atomic E-state index is 0.128. The van der Waals surface area contributed by atoms with Crippen molar-refractivity contribution in [3.05, 3.63) is 55.7 Å². The molecule has 3 rings (SSSR count). The molecule has 0 fully saturated rings. The number of thiazole rings is 1. The highest BCUT2D eigenvalue weighted by atomic mass is 35.5. The lowest BCUT2D eigenvalue weighted by Crippen LogP contribution is -2.17. The van der Waals surface area contributed by atoms with Crippen LogP contribution in [0.25, 0.3) is 11.0 Å². The summed E-state index contributed by atoms with van der Waals surface area (Å²) in [5, 5.41) is 3.27. The zero-order chi connectivity index (χ0) is 18.4. The molecule has 0 N–H and O–H groups in total. The van der Waals surface area contributed by atoms with E-state index in [1.165, 1.54) is 21.8 Å². The van der Waals surface area contributed by atoms with Crippen molar-refractivity contribution in [2.24, 2.45) is 0 Å². The predicted octanol–water partition coefficient (Wildman–Crippen LogP) is 4.01. The summed E-state index contributed by atoms with van der Waals surface area (Å²) >= 11 is 7.14. The maximum atomic E-state index is 12.7. The maximum absolute atomic E-state index is 12.7. The fraction of sp³-hybridized carbons (Fsp3) is 0.267. The van der Waals surface area contributed by atoms with E-state index < -0.39 is 11.9 Å². The molecule has 0 radical (unpaired) electrons. The van der Waals surface area contributed by atoms with E-state index in [0.29, 0.717) is 4.96 Å². The Labute approximate surface area is 149 Å². The molecule has 25 heavy (non-hydrogen) atoms. The molecule has 0 amide bonds. The summed E-state index contributed by atoms with van der Waals surface area (Å²) in [6.07, 6.45) is -0.962. The molecule has 3 aromatic heterocycles. The molecule has 0 bridgehead atoms. The van der Waals surface area contributed by atoms with Gasteiger partial charge in [-0.05, 0) is 19.9 Å². The maximum Gasteiger partial charge on any atom is 0.435 e. The average molecular weight is 389 g/mol. The molecule has 0 saturated heterocycles. The summed E-state index contributed by atoms with van der Waals surface area (Å²) in [5.74, 6) is 0. The summed E-state index contributed by atoms with van der Waals surface area (Å²) in [6, 6.07) is 2.02. The summed E-state index contributed by atoms with van der Waals surface area (Å²) in [5.41, 5.74) is -0.366. The van der Waals surface area contributed by atoms with Crippen LogP contribution in [0.3, 0.4) is 0 Å². The van der Waals surface area contributed by atoms with E-state index in [-0.39, 0.29) is 23.0 Å². The number of fused-ring (bicyclic) bond motifs is 1. The minimum Gasteiger partial charge on any atom is -0.269 e. The highest BCUT2D eigenvalue weighted by molar-refractivity contribution is 7.17. The van der Waals surface area contributed by atoms with Crippen molar-refractivity contribution in [3.8, 4) is 0 Å². The molecule has 0 saturated carbocycles. The number of aryl methyl sites for hydroxylation is 1. The van der Waals surface area contributed by atoms with Gasteiger partial charge in [-0.1, -0.05) is 17.7 Å². The molecule has 0 aromatic carbocycles. The third-order valence-electron chi connectivity index (χ3n) is 3.44. The number of allylic oxidation sites excluding steroid dienone is 1. The Bertz CT molecular complexity index is 1030. The van der Waals surface area contributed by atoms with Gasteiger partial charge in [0.05, 0.1) is 17.9 Å². The summed E-state index contributed by atoms with van der Waals surface area (Å²) in [4.78, 5) is 18.1. The van der Waals surface area contributed by atoms with E-state index >= 15 is 0 Å². The monoisotopic (exact) mass is 388 g/mol. The van der Waals surface area contributed by atoms with Crippen LogP contribution in [0, 0.1) is 6.92 Å². The molecule has 132 valence electrons. The molecular formula is C15H12ClF3N4OS. The Morgan fingerprint density at radius 2 is 2.08 bits per heavy atom. The smallest absolute Gasteiger partial charge is 0.269 e. The molecule has 0 aliphatic carbocycles. The van der Waals surface area contributed by atoms with Crippen LogP contribution >= 0.6 is 22.9 Å². The standard InChI is InChI=1S/C15H12ClF3N4OS/c1-3-4-10-8(2)25-14-20-9(5-13(24)23(10)14)7-22-12(16)6-11(21-22)15(17,18)19/h3-6H,7H2,1-2H3/b4-3+. The molecular weight excluding hydrogens is 377 g/mol. The first kappa shape index (κ1) is 17.7. The average Bonchev–Trinajstić information content (AvgIpc) is 3.01. The normalized spacial score (nSPS) is 12.6. The second-order valence-electron chi connectivity index (χ2n) is 5.25. The van der Waals surface area contributed by atoms with E-state index in [4.69, 9.17) is 11.6 Å². The zero-order valence-corrected chi connectivity index (χ0v) is 14.7. The van der Waals surface area contributed by atoms with Crippen LogP contribution in [0.15, 0.2) is 23.0 Å². The topological polar surface area (TPSA) is 52.2 Å². The SMILES string of the molecule is C/C=C/c1c(C)sc2nc(Cn3nc(C(F)(F)F)cc3Cl)cc(=O)n12. The lowest BCUT2D eigenvalue weighted by molar-refractivity contribution is -0.141. The molecule has 0 aliphatic rings. The summed E-state index contributed by atoms with van der Waals surface area (Å²) in [7, 11) is 0. The van der Waals surface area contributed by atoms with Crippen molar-refractivity contribution < 1.29 is 13.2 Å². The van der Waals surface area contributed by atoms with Gasteiger partial charge in [-0.3, -0.25) is 9.20 Å². The van der Waals surface area contributed by atoms with Crippen molar-refractivity contribution in [3.63, 3.8) is 0 Å². The Morgan fingerprint density at radius 3 is 2.68 bits per heavy atom. The van der Waals surface area contributed by atoms with Crippen LogP contribution in [0.1, 0.15) is 28.9 Å². The van der Waals surface area contributed by atoms with Crippen molar-refractivity contribution in [1.29, 1.82) is 0 Å². The second-order valence-corrected chi connectivity index (χ2v) is 6.82. The Morgan fingerprint density at radius 1 is 1.36 bits per heavy atom. The van der Waals surface area contributed by atoms with Gasteiger partial charge in [0.25, 0.3) is 5.56 Å². The Kier molecular flexibility index (Phi) is 4.46. The number of aromatic nitrogens is 4. The largest absolute Gasteiger partial charge is 0.435 e. The van der Waals surface area contributed by atoms with Crippen LogP contribution in [0.5, 0.6) is 0 Å². The highest BCUT2D eigenvalue weighted by Crippen LogP contribution is 2.30. The van der Waals surface area contributed by atoms with Crippen molar-refractivity contribution in [2.75, 3.05) is 0 Å². The number of hydrogen-bond acceptors (Lipinski definition) is 4. The first-order chi connectivity index (χ1) is 11.7. The molecule has 3 aromatic rings. The van der Waals surface area contributed by atoms with Gasteiger partial charge < -0.3 is 0 Å². The van der Waals surface area contributed by atoms with Gasteiger partial charge in [-0.2, -0.15) is 18.3 Å². The third-order valence-corrected chi connectivity index (χ3v) is 4.72. The predicted molar refractivity (Wildman–Crippen MR) is 90.1 cm³/mol. The molecule has 0 unspecified atom stereocenters. The fourth-order valence-corrected chi connectivity index (χ4v) is 3.55. The van der Waals surface area contributed by atoms with Crippen molar-refractivity contribution >= 4 is 34.0 Å². The Hall–Kier alpha value is -2.13. The number of halogens is 4. The van der Waals surface area contributed by atoms with E-state index in [1.807, 2.05) is 26.0 Å². The van der Waals surface area contributed by atoms with Gasteiger partial charge in [-0.15, -0.1) is 11.3 Å². The van der Waals surface area contributed by atoms with Crippen molar-refractivity contribution in [1.82, 2.24) is 19.2 Å². The number of hydrogen-bond donors (Lipinski definition) is 0. The van der Waals surface area contributed by atoms with Crippen LogP contribution in [0.2, 0.25) is 5.15 Å². The van der Waals surface area contributed by atoms with Gasteiger partial charge in [-0.25, -0.2) is 9.67 Å². The number of alkyl halides is 3. The van der Waals surface area contributed by atoms with E-state index in [9.17, 15) is 18.0 Å². The number of nitrogens with zero attached hydrogens (tertiary/aromatic N) is 4. The van der Waals surface area contributed by atoms with Crippen LogP contribution in [0.4, 0.5) is 13.2 Å². The van der Waals surface area contributed by atoms with E-state index in [1.54, 1.807) is 0 Å². The van der Waals surface area contributed by atoms with E-state index in [0.717, 1.165) is 21.3 Å². The molecule has 0 spiro atoms. The lowest BCUT2D eigenvalue weighted by Gasteiger charge is -2.04. The molecule has 10 heteroatoms. The second kappa shape index (κ2) is 6.30. The van der Waals surface area contributed by atoms with Gasteiger partial charge in [0.1, 0.15) is 5.15 Å². The molecule has 0 atom stereocenters. The van der Waals surface area contributed by atoms with Gasteiger partial charge >= 0.3 is 6.18 Å². The first-order valence-corrected chi connectivity index (χ1v) is 8.35.